The molecule has 182 valence electrons. The van der Waals surface area contributed by atoms with Crippen LogP contribution in [0.4, 0.5) is 0 Å². The zero-order valence-corrected chi connectivity index (χ0v) is 18.4. The summed E-state index contributed by atoms with van der Waals surface area (Å²) in [5.41, 5.74) is 5.85. The van der Waals surface area contributed by atoms with Crippen LogP contribution < -0.4 is 21.7 Å². The highest BCUT2D eigenvalue weighted by molar-refractivity contribution is 5.94. The molecule has 0 spiro atoms. The van der Waals surface area contributed by atoms with Crippen molar-refractivity contribution in [1.29, 1.82) is 0 Å². The molecule has 0 aliphatic carbocycles. The van der Waals surface area contributed by atoms with Crippen LogP contribution in [0.15, 0.2) is 24.3 Å². The summed E-state index contributed by atoms with van der Waals surface area (Å²) in [6.07, 6.45) is -0.421. The number of benzene rings is 1. The zero-order valence-electron chi connectivity index (χ0n) is 18.4. The molecule has 0 heterocycles. The third-order valence-electron chi connectivity index (χ3n) is 5.00. The lowest BCUT2D eigenvalue weighted by Crippen LogP contribution is -2.58. The summed E-state index contributed by atoms with van der Waals surface area (Å²) >= 11 is 0. The minimum absolute atomic E-state index is 0.0162. The number of aromatic hydroxyl groups is 1. The number of carboxylic acids is 2. The molecule has 0 aromatic heterocycles. The van der Waals surface area contributed by atoms with E-state index in [9.17, 15) is 34.2 Å². The van der Waals surface area contributed by atoms with E-state index in [1.54, 1.807) is 6.92 Å². The normalized spacial score (nSPS) is 14.3. The molecular weight excluding hydrogens is 436 g/mol. The molecule has 0 saturated carbocycles. The monoisotopic (exact) mass is 466 g/mol. The van der Waals surface area contributed by atoms with Gasteiger partial charge in [-0.3, -0.25) is 19.2 Å². The maximum atomic E-state index is 13.0. The van der Waals surface area contributed by atoms with Gasteiger partial charge in [-0.15, -0.1) is 0 Å². The number of amides is 3. The van der Waals surface area contributed by atoms with Gasteiger partial charge in [-0.1, -0.05) is 32.4 Å². The Labute approximate surface area is 190 Å². The zero-order chi connectivity index (χ0) is 25.1. The van der Waals surface area contributed by atoms with Crippen molar-refractivity contribution in [3.05, 3.63) is 29.8 Å². The molecule has 0 saturated heterocycles. The Bertz CT molecular complexity index is 858. The molecule has 0 bridgehead atoms. The van der Waals surface area contributed by atoms with E-state index in [0.717, 1.165) is 0 Å². The molecule has 12 nitrogen and oxygen atoms in total. The molecule has 1 aromatic rings. The van der Waals surface area contributed by atoms with Crippen LogP contribution in [0.1, 0.15) is 32.3 Å². The molecule has 1 rings (SSSR count). The number of nitrogens with one attached hydrogen (secondary N) is 3. The molecule has 8 N–H and O–H groups in total. The summed E-state index contributed by atoms with van der Waals surface area (Å²) < 4.78 is 0. The molecular formula is C21H30N4O8. The van der Waals surface area contributed by atoms with E-state index >= 15 is 0 Å². The van der Waals surface area contributed by atoms with E-state index in [-0.39, 0.29) is 24.6 Å². The van der Waals surface area contributed by atoms with Crippen LogP contribution in [0.25, 0.3) is 0 Å². The molecule has 4 unspecified atom stereocenters. The smallest absolute Gasteiger partial charge is 0.326 e. The van der Waals surface area contributed by atoms with E-state index in [1.807, 2.05) is 6.92 Å². The van der Waals surface area contributed by atoms with Gasteiger partial charge in [0.15, 0.2) is 0 Å². The second-order valence-electron chi connectivity index (χ2n) is 7.56. The fourth-order valence-corrected chi connectivity index (χ4v) is 2.92. The number of aliphatic carboxylic acids is 2. The first-order valence-corrected chi connectivity index (χ1v) is 10.3. The third kappa shape index (κ3) is 9.15. The van der Waals surface area contributed by atoms with E-state index in [2.05, 4.69) is 16.0 Å². The van der Waals surface area contributed by atoms with Crippen molar-refractivity contribution >= 4 is 29.7 Å². The summed E-state index contributed by atoms with van der Waals surface area (Å²) in [4.78, 5) is 59.9. The fourth-order valence-electron chi connectivity index (χ4n) is 2.92. The van der Waals surface area contributed by atoms with Crippen molar-refractivity contribution in [2.24, 2.45) is 11.7 Å². The molecule has 0 fully saturated rings. The van der Waals surface area contributed by atoms with Gasteiger partial charge < -0.3 is 37.0 Å². The number of carbonyl (C=O) groups excluding carboxylic acids is 3. The van der Waals surface area contributed by atoms with Crippen LogP contribution in [0.2, 0.25) is 0 Å². The average Bonchev–Trinajstić information content (AvgIpc) is 2.76. The van der Waals surface area contributed by atoms with Crippen LogP contribution >= 0.6 is 0 Å². The topological polar surface area (TPSA) is 208 Å². The summed E-state index contributed by atoms with van der Waals surface area (Å²) in [5, 5.41) is 34.7. The van der Waals surface area contributed by atoms with Gasteiger partial charge in [-0.25, -0.2) is 4.79 Å². The number of carbonyl (C=O) groups is 5. The van der Waals surface area contributed by atoms with Crippen molar-refractivity contribution in [3.63, 3.8) is 0 Å². The first kappa shape index (κ1) is 27.4. The van der Waals surface area contributed by atoms with Gasteiger partial charge in [-0.05, 0) is 23.6 Å². The van der Waals surface area contributed by atoms with Gasteiger partial charge in [-0.2, -0.15) is 0 Å². The van der Waals surface area contributed by atoms with E-state index in [4.69, 9.17) is 10.8 Å². The Morgan fingerprint density at radius 3 is 2.00 bits per heavy atom. The van der Waals surface area contributed by atoms with Gasteiger partial charge in [0.05, 0.1) is 13.0 Å². The van der Waals surface area contributed by atoms with Gasteiger partial charge in [0.2, 0.25) is 17.7 Å². The third-order valence-corrected chi connectivity index (χ3v) is 5.00. The Morgan fingerprint density at radius 1 is 0.939 bits per heavy atom. The van der Waals surface area contributed by atoms with E-state index in [0.29, 0.717) is 12.0 Å². The second kappa shape index (κ2) is 13.0. The van der Waals surface area contributed by atoms with Crippen molar-refractivity contribution in [3.8, 4) is 5.75 Å². The maximum absolute atomic E-state index is 13.0. The van der Waals surface area contributed by atoms with Gasteiger partial charge in [0.25, 0.3) is 0 Å². The SMILES string of the molecule is CCC(C)C(NC(=O)CN)C(=O)NC(Cc1ccc(O)cc1)C(=O)NC(CC(=O)O)C(=O)O. The van der Waals surface area contributed by atoms with Gasteiger partial charge in [0.1, 0.15) is 23.9 Å². The van der Waals surface area contributed by atoms with Crippen molar-refractivity contribution in [2.45, 2.75) is 51.2 Å². The van der Waals surface area contributed by atoms with Gasteiger partial charge in [0, 0.05) is 6.42 Å². The molecule has 33 heavy (non-hydrogen) atoms. The summed E-state index contributed by atoms with van der Waals surface area (Å²) in [6.45, 7) is 3.19. The van der Waals surface area contributed by atoms with E-state index in [1.165, 1.54) is 24.3 Å². The lowest BCUT2D eigenvalue weighted by atomic mass is 9.97. The predicted molar refractivity (Wildman–Crippen MR) is 116 cm³/mol. The lowest BCUT2D eigenvalue weighted by molar-refractivity contribution is -0.147. The highest BCUT2D eigenvalue weighted by atomic mass is 16.4. The van der Waals surface area contributed by atoms with Crippen LogP contribution in [-0.2, 0) is 30.4 Å². The highest BCUT2D eigenvalue weighted by Gasteiger charge is 2.32. The van der Waals surface area contributed by atoms with Crippen LogP contribution in [0, 0.1) is 5.92 Å². The van der Waals surface area contributed by atoms with Crippen molar-refractivity contribution in [2.75, 3.05) is 6.54 Å². The maximum Gasteiger partial charge on any atom is 0.326 e. The molecule has 12 heteroatoms. The van der Waals surface area contributed by atoms with E-state index < -0.39 is 54.2 Å². The van der Waals surface area contributed by atoms with Gasteiger partial charge >= 0.3 is 11.9 Å². The Balaban J connectivity index is 3.16. The Kier molecular flexibility index (Phi) is 10.8. The molecule has 4 atom stereocenters. The van der Waals surface area contributed by atoms with Crippen LogP contribution in [0.5, 0.6) is 5.75 Å². The molecule has 1 aromatic carbocycles. The first-order chi connectivity index (χ1) is 15.5. The first-order valence-electron chi connectivity index (χ1n) is 10.3. The second-order valence-corrected chi connectivity index (χ2v) is 7.56. The standard InChI is InChI=1S/C21H30N4O8/c1-3-11(2)18(25-16(27)10-22)20(31)23-14(8-12-4-6-13(26)7-5-12)19(30)24-15(21(32)33)9-17(28)29/h4-7,11,14-15,18,26H,3,8-10,22H2,1-2H3,(H,23,31)(H,24,30)(H,25,27)(H,28,29)(H,32,33). The van der Waals surface area contributed by atoms with Crippen molar-refractivity contribution < 1.29 is 39.3 Å². The number of hydrogen-bond acceptors (Lipinski definition) is 7. The van der Waals surface area contributed by atoms with Crippen LogP contribution in [0.3, 0.4) is 0 Å². The predicted octanol–water partition coefficient (Wildman–Crippen LogP) is -1.05. The Morgan fingerprint density at radius 2 is 1.52 bits per heavy atom. The van der Waals surface area contributed by atoms with Crippen LogP contribution in [-0.4, -0.2) is 69.7 Å². The fraction of sp³-hybridized carbons (Fsp3) is 0.476. The largest absolute Gasteiger partial charge is 0.508 e. The average molecular weight is 466 g/mol. The summed E-state index contributed by atoms with van der Waals surface area (Å²) in [6, 6.07) is 1.76. The quantitative estimate of drug-likeness (QED) is 0.189. The molecule has 0 aliphatic heterocycles. The molecule has 3 amide bonds. The summed E-state index contributed by atoms with van der Waals surface area (Å²) in [5.74, 6) is -5.47. The minimum atomic E-state index is -1.71. The highest BCUT2D eigenvalue weighted by Crippen LogP contribution is 2.13. The number of hydrogen-bond donors (Lipinski definition) is 7. The summed E-state index contributed by atoms with van der Waals surface area (Å²) in [7, 11) is 0. The molecule has 0 radical (unpaired) electrons. The Hall–Kier alpha value is -3.67. The number of phenolic OH excluding ortho intramolecular Hbond substituents is 1. The number of carboxylic acid groups (broad SMARTS) is 2. The number of nitrogens with two attached hydrogens (primary N) is 1. The molecule has 0 aliphatic rings. The number of rotatable bonds is 13. The lowest BCUT2D eigenvalue weighted by Gasteiger charge is -2.27. The van der Waals surface area contributed by atoms with Crippen molar-refractivity contribution in [1.82, 2.24) is 16.0 Å². The minimum Gasteiger partial charge on any atom is -0.508 e. The number of phenols is 1.